The van der Waals surface area contributed by atoms with Crippen molar-refractivity contribution in [2.24, 2.45) is 0 Å². The molecule has 4 rings (SSSR count). The first-order chi connectivity index (χ1) is 12.8. The van der Waals surface area contributed by atoms with Gasteiger partial charge in [-0.2, -0.15) is 13.2 Å². The molecule has 0 radical (unpaired) electrons. The monoisotopic (exact) mass is 378 g/mol. The molecule has 0 bridgehead atoms. The second-order valence-corrected chi connectivity index (χ2v) is 6.91. The van der Waals surface area contributed by atoms with Crippen LogP contribution in [0.15, 0.2) is 30.3 Å². The predicted octanol–water partition coefficient (Wildman–Crippen LogP) is 3.37. The third kappa shape index (κ3) is 2.62. The van der Waals surface area contributed by atoms with E-state index in [1.54, 1.807) is 18.2 Å². The summed E-state index contributed by atoms with van der Waals surface area (Å²) in [5.41, 5.74) is 1.92. The van der Waals surface area contributed by atoms with Gasteiger partial charge in [-0.15, -0.1) is 0 Å². The first kappa shape index (κ1) is 17.6. The number of para-hydroxylation sites is 2. The number of aldehydes is 1. The summed E-state index contributed by atoms with van der Waals surface area (Å²) in [7, 11) is 0. The van der Waals surface area contributed by atoms with Gasteiger partial charge in [-0.25, -0.2) is 0 Å². The molecule has 0 aliphatic carbocycles. The quantitative estimate of drug-likeness (QED) is 0.715. The van der Waals surface area contributed by atoms with Gasteiger partial charge in [-0.05, 0) is 30.7 Å². The first-order valence-electron chi connectivity index (χ1n) is 8.59. The number of aryl methyl sites for hydroxylation is 1. The van der Waals surface area contributed by atoms with Crippen LogP contribution in [0.2, 0.25) is 0 Å². The van der Waals surface area contributed by atoms with Crippen molar-refractivity contribution in [3.8, 4) is 11.4 Å². The smallest absolute Gasteiger partial charge is 0.471 e. The highest BCUT2D eigenvalue weighted by atomic mass is 19.4. The van der Waals surface area contributed by atoms with Crippen LogP contribution >= 0.6 is 0 Å². The van der Waals surface area contributed by atoms with E-state index in [-0.39, 0.29) is 25.9 Å². The lowest BCUT2D eigenvalue weighted by atomic mass is 9.84. The number of amides is 1. The highest BCUT2D eigenvalue weighted by Crippen LogP contribution is 2.47. The highest BCUT2D eigenvalue weighted by Gasteiger charge is 2.50. The molecule has 1 saturated heterocycles. The van der Waals surface area contributed by atoms with Crippen molar-refractivity contribution in [2.45, 2.75) is 31.5 Å². The molecule has 27 heavy (non-hydrogen) atoms. The number of carbonyl (C=O) groups is 2. The van der Waals surface area contributed by atoms with Crippen LogP contribution in [0.1, 0.15) is 34.6 Å². The maximum atomic E-state index is 12.8. The molecule has 0 N–H and O–H groups in total. The Balaban J connectivity index is 1.76. The molecule has 5 nitrogen and oxygen atoms in total. The van der Waals surface area contributed by atoms with Gasteiger partial charge in [0.05, 0.1) is 17.1 Å². The van der Waals surface area contributed by atoms with E-state index < -0.39 is 17.7 Å². The van der Waals surface area contributed by atoms with Crippen LogP contribution in [0.3, 0.4) is 0 Å². The molecule has 1 aromatic heterocycles. The molecule has 0 unspecified atom stereocenters. The van der Waals surface area contributed by atoms with E-state index >= 15 is 0 Å². The maximum absolute atomic E-state index is 12.8. The molecule has 0 saturated carbocycles. The Morgan fingerprint density at radius 2 is 1.89 bits per heavy atom. The summed E-state index contributed by atoms with van der Waals surface area (Å²) in [6, 6.07) is 9.00. The van der Waals surface area contributed by atoms with Crippen LogP contribution in [0.25, 0.3) is 5.69 Å². The van der Waals surface area contributed by atoms with Gasteiger partial charge >= 0.3 is 12.1 Å². The molecule has 1 spiro atoms. The largest absolute Gasteiger partial charge is 0.479 e. The molecule has 8 heteroatoms. The van der Waals surface area contributed by atoms with Gasteiger partial charge in [0, 0.05) is 25.9 Å². The minimum Gasteiger partial charge on any atom is -0.479 e. The number of hydrogen-bond acceptors (Lipinski definition) is 3. The summed E-state index contributed by atoms with van der Waals surface area (Å²) < 4.78 is 46.4. The lowest BCUT2D eigenvalue weighted by Crippen LogP contribution is -2.52. The van der Waals surface area contributed by atoms with Crippen molar-refractivity contribution < 1.29 is 27.5 Å². The summed E-state index contributed by atoms with van der Waals surface area (Å²) in [6.07, 6.45) is -3.70. The van der Waals surface area contributed by atoms with Gasteiger partial charge in [0.2, 0.25) is 0 Å². The van der Waals surface area contributed by atoms with Crippen LogP contribution in [0, 0.1) is 6.92 Å². The number of piperidine rings is 1. The summed E-state index contributed by atoms with van der Waals surface area (Å²) >= 11 is 0. The molecule has 2 aliphatic rings. The number of ether oxygens (including phenoxy) is 1. The van der Waals surface area contributed by atoms with E-state index in [2.05, 4.69) is 0 Å². The lowest BCUT2D eigenvalue weighted by Gasteiger charge is -2.45. The molecule has 3 heterocycles. The molecule has 0 atom stereocenters. The Hall–Kier alpha value is -2.77. The Morgan fingerprint density at radius 1 is 1.22 bits per heavy atom. The fourth-order valence-corrected chi connectivity index (χ4v) is 4.15. The van der Waals surface area contributed by atoms with Gasteiger partial charge in [0.25, 0.3) is 0 Å². The number of nitrogens with zero attached hydrogens (tertiary/aromatic N) is 2. The summed E-state index contributed by atoms with van der Waals surface area (Å²) in [4.78, 5) is 24.0. The van der Waals surface area contributed by atoms with E-state index in [0.717, 1.165) is 28.1 Å². The second-order valence-electron chi connectivity index (χ2n) is 6.91. The van der Waals surface area contributed by atoms with Gasteiger partial charge in [-0.3, -0.25) is 9.59 Å². The average molecular weight is 378 g/mol. The molecule has 2 aromatic rings. The zero-order valence-corrected chi connectivity index (χ0v) is 14.5. The van der Waals surface area contributed by atoms with E-state index in [1.807, 2.05) is 23.6 Å². The number of likely N-dealkylation sites (tertiary alicyclic amines) is 1. The number of benzene rings is 1. The zero-order valence-electron chi connectivity index (χ0n) is 14.5. The van der Waals surface area contributed by atoms with Gasteiger partial charge in [0.15, 0.2) is 11.9 Å². The van der Waals surface area contributed by atoms with Crippen LogP contribution in [0.4, 0.5) is 13.2 Å². The molecule has 1 aromatic carbocycles. The Morgan fingerprint density at radius 3 is 2.52 bits per heavy atom. The Kier molecular flexibility index (Phi) is 3.83. The normalized spacial score (nSPS) is 17.9. The molecule has 142 valence electrons. The van der Waals surface area contributed by atoms with Crippen molar-refractivity contribution in [1.82, 2.24) is 9.47 Å². The first-order valence-corrected chi connectivity index (χ1v) is 8.59. The predicted molar refractivity (Wildman–Crippen MR) is 90.1 cm³/mol. The van der Waals surface area contributed by atoms with Gasteiger partial charge < -0.3 is 14.2 Å². The summed E-state index contributed by atoms with van der Waals surface area (Å²) in [6.45, 7) is 1.72. The molecule has 1 amide bonds. The van der Waals surface area contributed by atoms with E-state index in [9.17, 15) is 22.8 Å². The zero-order chi connectivity index (χ0) is 19.4. The van der Waals surface area contributed by atoms with E-state index in [0.29, 0.717) is 11.4 Å². The second kappa shape index (κ2) is 5.87. The molecule has 1 fully saturated rings. The van der Waals surface area contributed by atoms with Crippen LogP contribution in [0.5, 0.6) is 5.75 Å². The maximum Gasteiger partial charge on any atom is 0.471 e. The number of aromatic nitrogens is 1. The summed E-state index contributed by atoms with van der Waals surface area (Å²) in [5, 5.41) is 0. The molecule has 2 aliphatic heterocycles. The number of fused-ring (bicyclic) bond motifs is 4. The fourth-order valence-electron chi connectivity index (χ4n) is 4.15. The minimum absolute atomic E-state index is 0.0679. The number of hydrogen-bond donors (Lipinski definition) is 0. The van der Waals surface area contributed by atoms with Crippen molar-refractivity contribution in [1.29, 1.82) is 0 Å². The standard InChI is InChI=1S/C19H17F3N2O3/c1-12-10-13(11-25)24-14-4-2-3-5-15(14)27-18(16(12)24)6-8-23(9-7-18)17(26)19(20,21)22/h2-5,10-11H,6-9H2,1H3. The SMILES string of the molecule is Cc1cc(C=O)n2c1C1(CCN(C(=O)C(F)(F)F)CC1)Oc1ccccc1-2. The van der Waals surface area contributed by atoms with Crippen molar-refractivity contribution in [3.05, 3.63) is 47.3 Å². The molecular weight excluding hydrogens is 361 g/mol. The fraction of sp³-hybridized carbons (Fsp3) is 0.368. The highest BCUT2D eigenvalue weighted by molar-refractivity contribution is 5.82. The van der Waals surface area contributed by atoms with Gasteiger partial charge in [-0.1, -0.05) is 12.1 Å². The minimum atomic E-state index is -4.88. The van der Waals surface area contributed by atoms with E-state index in [1.165, 1.54) is 0 Å². The lowest BCUT2D eigenvalue weighted by molar-refractivity contribution is -0.188. The van der Waals surface area contributed by atoms with Crippen molar-refractivity contribution in [3.63, 3.8) is 0 Å². The van der Waals surface area contributed by atoms with Crippen molar-refractivity contribution in [2.75, 3.05) is 13.1 Å². The van der Waals surface area contributed by atoms with Crippen LogP contribution in [-0.2, 0) is 10.4 Å². The average Bonchev–Trinajstić information content (AvgIpc) is 2.99. The van der Waals surface area contributed by atoms with E-state index in [4.69, 9.17) is 4.74 Å². The Labute approximate surface area is 153 Å². The topological polar surface area (TPSA) is 51.5 Å². The third-order valence-corrected chi connectivity index (χ3v) is 5.28. The third-order valence-electron chi connectivity index (χ3n) is 5.28. The number of alkyl halides is 3. The van der Waals surface area contributed by atoms with Crippen LogP contribution in [-0.4, -0.2) is 40.9 Å². The molecular formula is C19H17F3N2O3. The van der Waals surface area contributed by atoms with Crippen molar-refractivity contribution >= 4 is 12.2 Å². The van der Waals surface area contributed by atoms with Gasteiger partial charge in [0.1, 0.15) is 5.75 Å². The van der Waals surface area contributed by atoms with Crippen LogP contribution < -0.4 is 4.74 Å². The summed E-state index contributed by atoms with van der Waals surface area (Å²) in [5.74, 6) is -1.26. The number of rotatable bonds is 1. The number of halogens is 3. The number of carbonyl (C=O) groups excluding carboxylic acids is 2. The Bertz CT molecular complexity index is 925.